The van der Waals surface area contributed by atoms with E-state index >= 15 is 0 Å². The van der Waals surface area contributed by atoms with Gasteiger partial charge in [-0.3, -0.25) is 9.48 Å². The minimum atomic E-state index is -2.75. The summed E-state index contributed by atoms with van der Waals surface area (Å²) in [5, 5.41) is 5.72. The zero-order valence-corrected chi connectivity index (χ0v) is 8.59. The third-order valence-electron chi connectivity index (χ3n) is 2.17. The highest BCUT2D eigenvalue weighted by Crippen LogP contribution is 2.52. The summed E-state index contributed by atoms with van der Waals surface area (Å²) in [6.45, 7) is 0. The minimum Gasteiger partial charge on any atom is -0.306 e. The molecular weight excluding hydrogens is 247 g/mol. The zero-order valence-electron chi connectivity index (χ0n) is 7.83. The summed E-state index contributed by atoms with van der Waals surface area (Å²) in [6, 6.07) is 0.321. The van der Waals surface area contributed by atoms with Crippen LogP contribution in [0, 0.1) is 0 Å². The van der Waals surface area contributed by atoms with Crippen LogP contribution in [0.2, 0.25) is 0 Å². The second kappa shape index (κ2) is 3.65. The summed E-state index contributed by atoms with van der Waals surface area (Å²) in [7, 11) is 0. The molecule has 1 fully saturated rings. The van der Waals surface area contributed by atoms with E-state index in [1.165, 1.54) is 12.3 Å². The lowest BCUT2D eigenvalue weighted by Crippen LogP contribution is -2.19. The highest BCUT2D eigenvalue weighted by atomic mass is 35.5. The lowest BCUT2D eigenvalue weighted by molar-refractivity contribution is -0.118. The van der Waals surface area contributed by atoms with Crippen LogP contribution in [-0.4, -0.2) is 27.2 Å². The lowest BCUT2D eigenvalue weighted by atomic mass is 10.6. The number of hydrogen-bond acceptors (Lipinski definition) is 2. The number of rotatable bonds is 3. The second-order valence-corrected chi connectivity index (χ2v) is 3.84. The van der Waals surface area contributed by atoms with Crippen molar-refractivity contribution in [2.24, 2.45) is 0 Å². The van der Waals surface area contributed by atoms with Crippen molar-refractivity contribution >= 4 is 23.3 Å². The average Bonchev–Trinajstić information content (AvgIpc) is 2.60. The quantitative estimate of drug-likeness (QED) is 0.837. The third kappa shape index (κ3) is 2.13. The van der Waals surface area contributed by atoms with Gasteiger partial charge in [-0.2, -0.15) is 5.10 Å². The van der Waals surface area contributed by atoms with Crippen molar-refractivity contribution in [2.45, 2.75) is 24.0 Å². The van der Waals surface area contributed by atoms with Crippen molar-refractivity contribution in [3.05, 3.63) is 12.3 Å². The Balaban J connectivity index is 2.01. The van der Waals surface area contributed by atoms with Gasteiger partial charge in [0.25, 0.3) is 17.5 Å². The molecule has 88 valence electrons. The fourth-order valence-corrected chi connectivity index (χ4v) is 1.30. The standard InChI is InChI=1S/C8H7ClF3N3O/c9-6(10)7(16)13-5-1-2-15(14-5)4-3-8(4,11)12/h1-2,4,6H,3H2,(H,13,14,16). The summed E-state index contributed by atoms with van der Waals surface area (Å²) in [5.74, 6) is -3.83. The molecule has 2 unspecified atom stereocenters. The number of hydrogen-bond donors (Lipinski definition) is 1. The number of alkyl halides is 4. The molecule has 1 N–H and O–H groups in total. The summed E-state index contributed by atoms with van der Waals surface area (Å²) in [6.07, 6.45) is 1.02. The van der Waals surface area contributed by atoms with Crippen LogP contribution in [0.3, 0.4) is 0 Å². The molecule has 2 atom stereocenters. The van der Waals surface area contributed by atoms with Gasteiger partial charge in [-0.1, -0.05) is 11.6 Å². The van der Waals surface area contributed by atoms with Crippen molar-refractivity contribution in [1.82, 2.24) is 9.78 Å². The maximum atomic E-state index is 12.7. The van der Waals surface area contributed by atoms with E-state index < -0.39 is 23.5 Å². The Hall–Kier alpha value is -1.24. The van der Waals surface area contributed by atoms with Gasteiger partial charge in [0.05, 0.1) is 0 Å². The van der Waals surface area contributed by atoms with Crippen LogP contribution < -0.4 is 5.32 Å². The van der Waals surface area contributed by atoms with Gasteiger partial charge >= 0.3 is 0 Å². The monoisotopic (exact) mass is 253 g/mol. The molecule has 0 saturated heterocycles. The Morgan fingerprint density at radius 1 is 1.75 bits per heavy atom. The number of halogens is 4. The molecule has 0 bridgehead atoms. The number of carbonyl (C=O) groups is 1. The molecule has 1 aliphatic rings. The first-order chi connectivity index (χ1) is 7.40. The van der Waals surface area contributed by atoms with Crippen LogP contribution in [-0.2, 0) is 4.79 Å². The molecule has 1 aliphatic carbocycles. The Morgan fingerprint density at radius 3 is 2.88 bits per heavy atom. The maximum absolute atomic E-state index is 12.7. The maximum Gasteiger partial charge on any atom is 0.275 e. The van der Waals surface area contributed by atoms with Gasteiger partial charge in [0.15, 0.2) is 5.82 Å². The zero-order chi connectivity index (χ0) is 11.9. The molecule has 16 heavy (non-hydrogen) atoms. The fraction of sp³-hybridized carbons (Fsp3) is 0.500. The predicted molar refractivity (Wildman–Crippen MR) is 50.2 cm³/mol. The fourth-order valence-electron chi connectivity index (χ4n) is 1.24. The SMILES string of the molecule is O=C(Nc1ccn(C2CC2(F)F)n1)C(F)Cl. The van der Waals surface area contributed by atoms with E-state index in [-0.39, 0.29) is 12.2 Å². The number of anilines is 1. The van der Waals surface area contributed by atoms with Crippen LogP contribution >= 0.6 is 11.6 Å². The van der Waals surface area contributed by atoms with E-state index in [2.05, 4.69) is 5.10 Å². The minimum absolute atomic E-state index is 0.00370. The van der Waals surface area contributed by atoms with Gasteiger partial charge in [0.2, 0.25) is 0 Å². The third-order valence-corrected chi connectivity index (χ3v) is 2.37. The molecule has 1 aromatic rings. The first-order valence-corrected chi connectivity index (χ1v) is 4.86. The first-order valence-electron chi connectivity index (χ1n) is 4.42. The molecule has 1 saturated carbocycles. The molecule has 1 aromatic heterocycles. The van der Waals surface area contributed by atoms with E-state index in [9.17, 15) is 18.0 Å². The van der Waals surface area contributed by atoms with Crippen molar-refractivity contribution < 1.29 is 18.0 Å². The Kier molecular flexibility index (Phi) is 2.57. The van der Waals surface area contributed by atoms with Gasteiger partial charge in [-0.05, 0) is 0 Å². The summed E-state index contributed by atoms with van der Waals surface area (Å²) >= 11 is 4.87. The van der Waals surface area contributed by atoms with Crippen LogP contribution in [0.15, 0.2) is 12.3 Å². The summed E-state index contributed by atoms with van der Waals surface area (Å²) in [5.41, 5.74) is -2.19. The molecule has 0 radical (unpaired) electrons. The van der Waals surface area contributed by atoms with Gasteiger partial charge < -0.3 is 5.32 Å². The van der Waals surface area contributed by atoms with E-state index in [0.717, 1.165) is 4.68 Å². The molecule has 2 rings (SSSR count). The highest BCUT2D eigenvalue weighted by Gasteiger charge is 2.59. The van der Waals surface area contributed by atoms with Gasteiger partial charge in [-0.25, -0.2) is 13.2 Å². The number of amides is 1. The van der Waals surface area contributed by atoms with Crippen LogP contribution in [0.1, 0.15) is 12.5 Å². The largest absolute Gasteiger partial charge is 0.306 e. The Morgan fingerprint density at radius 2 is 2.38 bits per heavy atom. The summed E-state index contributed by atoms with van der Waals surface area (Å²) in [4.78, 5) is 10.8. The smallest absolute Gasteiger partial charge is 0.275 e. The van der Waals surface area contributed by atoms with Crippen molar-refractivity contribution in [2.75, 3.05) is 5.32 Å². The molecule has 4 nitrogen and oxygen atoms in total. The second-order valence-electron chi connectivity index (χ2n) is 3.45. The van der Waals surface area contributed by atoms with Gasteiger partial charge in [0, 0.05) is 18.7 Å². The van der Waals surface area contributed by atoms with Crippen molar-refractivity contribution in [3.63, 3.8) is 0 Å². The number of carbonyl (C=O) groups excluding carboxylic acids is 1. The van der Waals surface area contributed by atoms with Crippen LogP contribution in [0.5, 0.6) is 0 Å². The average molecular weight is 254 g/mol. The van der Waals surface area contributed by atoms with E-state index in [1.54, 1.807) is 0 Å². The van der Waals surface area contributed by atoms with E-state index in [0.29, 0.717) is 0 Å². The number of aromatic nitrogens is 2. The first kappa shape index (κ1) is 11.3. The molecule has 8 heteroatoms. The molecule has 1 amide bonds. The summed E-state index contributed by atoms with van der Waals surface area (Å²) < 4.78 is 38.6. The lowest BCUT2D eigenvalue weighted by Gasteiger charge is -2.01. The normalized spacial score (nSPS) is 23.9. The van der Waals surface area contributed by atoms with E-state index in [1.807, 2.05) is 5.32 Å². The number of nitrogens with zero attached hydrogens (tertiary/aromatic N) is 2. The van der Waals surface area contributed by atoms with Crippen LogP contribution in [0.25, 0.3) is 0 Å². The Bertz CT molecular complexity index is 420. The van der Waals surface area contributed by atoms with Crippen molar-refractivity contribution in [3.8, 4) is 0 Å². The molecule has 0 aromatic carbocycles. The van der Waals surface area contributed by atoms with Crippen LogP contribution in [0.4, 0.5) is 19.0 Å². The predicted octanol–water partition coefficient (Wildman–Crippen LogP) is 1.94. The topological polar surface area (TPSA) is 46.9 Å². The number of nitrogens with one attached hydrogen (secondary N) is 1. The van der Waals surface area contributed by atoms with Gasteiger partial charge in [-0.15, -0.1) is 0 Å². The van der Waals surface area contributed by atoms with Gasteiger partial charge in [0.1, 0.15) is 6.04 Å². The molecular formula is C8H7ClF3N3O. The highest BCUT2D eigenvalue weighted by molar-refractivity contribution is 6.31. The van der Waals surface area contributed by atoms with Crippen molar-refractivity contribution in [1.29, 1.82) is 0 Å². The molecule has 1 heterocycles. The van der Waals surface area contributed by atoms with E-state index in [4.69, 9.17) is 11.6 Å². The molecule has 0 spiro atoms. The Labute approximate surface area is 93.4 Å². The molecule has 0 aliphatic heterocycles.